The van der Waals surface area contributed by atoms with Gasteiger partial charge in [0.2, 0.25) is 5.91 Å². The van der Waals surface area contributed by atoms with Gasteiger partial charge in [0, 0.05) is 6.92 Å². The van der Waals surface area contributed by atoms with Crippen molar-refractivity contribution in [2.75, 3.05) is 5.32 Å². The number of nitriles is 1. The molecule has 17 heavy (non-hydrogen) atoms. The molecule has 0 heterocycles. The number of amides is 1. The Hall–Kier alpha value is -2.10. The Morgan fingerprint density at radius 3 is 2.41 bits per heavy atom. The Morgan fingerprint density at radius 2 is 2.00 bits per heavy atom. The standard InChI is InChI=1S/C10H6F4N2O/c1-5(17)16-7-3-2-6(4-15)8(9(7)11)10(12,13)14/h2-3H,1H3,(H,16,17). The van der Waals surface area contributed by atoms with Gasteiger partial charge in [0.25, 0.3) is 0 Å². The maximum Gasteiger partial charge on any atom is 0.420 e. The van der Waals surface area contributed by atoms with Gasteiger partial charge in [-0.25, -0.2) is 4.39 Å². The Balaban J connectivity index is 3.44. The summed E-state index contributed by atoms with van der Waals surface area (Å²) < 4.78 is 51.0. The van der Waals surface area contributed by atoms with Crippen LogP contribution in [-0.2, 0) is 11.0 Å². The van der Waals surface area contributed by atoms with Crippen LogP contribution in [0.1, 0.15) is 18.1 Å². The van der Waals surface area contributed by atoms with Gasteiger partial charge in [-0.2, -0.15) is 18.4 Å². The molecule has 90 valence electrons. The van der Waals surface area contributed by atoms with E-state index < -0.39 is 34.7 Å². The van der Waals surface area contributed by atoms with Crippen molar-refractivity contribution in [1.82, 2.24) is 0 Å². The highest BCUT2D eigenvalue weighted by Crippen LogP contribution is 2.36. The molecule has 7 heteroatoms. The monoisotopic (exact) mass is 246 g/mol. The van der Waals surface area contributed by atoms with Crippen LogP contribution in [0.2, 0.25) is 0 Å². The molecule has 1 aromatic carbocycles. The van der Waals surface area contributed by atoms with Gasteiger partial charge in [0.05, 0.1) is 17.3 Å². The van der Waals surface area contributed by atoms with E-state index in [9.17, 15) is 22.4 Å². The minimum atomic E-state index is -5.00. The van der Waals surface area contributed by atoms with Gasteiger partial charge in [-0.05, 0) is 12.1 Å². The van der Waals surface area contributed by atoms with Crippen LogP contribution in [0.5, 0.6) is 0 Å². The van der Waals surface area contributed by atoms with E-state index in [0.29, 0.717) is 0 Å². The van der Waals surface area contributed by atoms with Gasteiger partial charge in [0.1, 0.15) is 5.56 Å². The van der Waals surface area contributed by atoms with Crippen molar-refractivity contribution in [2.45, 2.75) is 13.1 Å². The third-order valence-corrected chi connectivity index (χ3v) is 1.86. The maximum atomic E-state index is 13.5. The summed E-state index contributed by atoms with van der Waals surface area (Å²) in [7, 11) is 0. The van der Waals surface area contributed by atoms with E-state index in [0.717, 1.165) is 19.1 Å². The number of anilines is 1. The number of hydrogen-bond acceptors (Lipinski definition) is 2. The molecule has 1 N–H and O–H groups in total. The Morgan fingerprint density at radius 1 is 1.41 bits per heavy atom. The molecule has 0 bridgehead atoms. The number of halogens is 4. The van der Waals surface area contributed by atoms with Crippen LogP contribution in [0.3, 0.4) is 0 Å². The zero-order valence-corrected chi connectivity index (χ0v) is 8.52. The largest absolute Gasteiger partial charge is 0.420 e. The summed E-state index contributed by atoms with van der Waals surface area (Å²) >= 11 is 0. The van der Waals surface area contributed by atoms with Crippen LogP contribution in [-0.4, -0.2) is 5.91 Å². The highest BCUT2D eigenvalue weighted by molar-refractivity contribution is 5.89. The van der Waals surface area contributed by atoms with E-state index in [1.807, 2.05) is 5.32 Å². The maximum absolute atomic E-state index is 13.5. The molecule has 0 aliphatic heterocycles. The summed E-state index contributed by atoms with van der Waals surface area (Å²) in [6, 6.07) is 2.96. The lowest BCUT2D eigenvalue weighted by atomic mass is 10.1. The van der Waals surface area contributed by atoms with Crippen LogP contribution >= 0.6 is 0 Å². The van der Waals surface area contributed by atoms with Crippen LogP contribution in [0.25, 0.3) is 0 Å². The number of carbonyl (C=O) groups is 1. The van der Waals surface area contributed by atoms with Gasteiger partial charge in [-0.15, -0.1) is 0 Å². The lowest BCUT2D eigenvalue weighted by Gasteiger charge is -2.12. The lowest BCUT2D eigenvalue weighted by Crippen LogP contribution is -2.15. The molecule has 0 aliphatic rings. The number of rotatable bonds is 1. The quantitative estimate of drug-likeness (QED) is 0.774. The van der Waals surface area contributed by atoms with E-state index in [1.165, 1.54) is 6.07 Å². The Labute approximate surface area is 93.7 Å². The molecule has 1 aromatic rings. The topological polar surface area (TPSA) is 52.9 Å². The van der Waals surface area contributed by atoms with Crippen molar-refractivity contribution in [1.29, 1.82) is 5.26 Å². The van der Waals surface area contributed by atoms with Crippen molar-refractivity contribution in [3.05, 3.63) is 29.1 Å². The Bertz CT molecular complexity index is 502. The molecular weight excluding hydrogens is 240 g/mol. The van der Waals surface area contributed by atoms with Crippen molar-refractivity contribution < 1.29 is 22.4 Å². The van der Waals surface area contributed by atoms with E-state index >= 15 is 0 Å². The molecule has 1 rings (SSSR count). The van der Waals surface area contributed by atoms with Crippen LogP contribution in [0, 0.1) is 17.1 Å². The highest BCUT2D eigenvalue weighted by atomic mass is 19.4. The summed E-state index contributed by atoms with van der Waals surface area (Å²) in [5.41, 5.74) is -3.11. The molecule has 0 spiro atoms. The molecule has 0 aliphatic carbocycles. The van der Waals surface area contributed by atoms with Crippen molar-refractivity contribution in [3.63, 3.8) is 0 Å². The molecule has 0 saturated heterocycles. The zero-order valence-electron chi connectivity index (χ0n) is 8.52. The summed E-state index contributed by atoms with van der Waals surface area (Å²) in [6.45, 7) is 1.03. The van der Waals surface area contributed by atoms with E-state index in [1.54, 1.807) is 0 Å². The van der Waals surface area contributed by atoms with Crippen molar-refractivity contribution in [3.8, 4) is 6.07 Å². The average molecular weight is 246 g/mol. The lowest BCUT2D eigenvalue weighted by molar-refractivity contribution is -0.140. The predicted octanol–water partition coefficient (Wildman–Crippen LogP) is 2.67. The van der Waals surface area contributed by atoms with Gasteiger partial charge in [-0.3, -0.25) is 4.79 Å². The van der Waals surface area contributed by atoms with E-state index in [4.69, 9.17) is 5.26 Å². The second kappa shape index (κ2) is 4.41. The first-order valence-corrected chi connectivity index (χ1v) is 4.34. The van der Waals surface area contributed by atoms with Crippen LogP contribution in [0.4, 0.5) is 23.2 Å². The number of carbonyl (C=O) groups excluding carboxylic acids is 1. The van der Waals surface area contributed by atoms with Crippen LogP contribution < -0.4 is 5.32 Å². The summed E-state index contributed by atoms with van der Waals surface area (Å²) in [5.74, 6) is -2.37. The van der Waals surface area contributed by atoms with Crippen LogP contribution in [0.15, 0.2) is 12.1 Å². The number of hydrogen-bond donors (Lipinski definition) is 1. The van der Waals surface area contributed by atoms with Gasteiger partial charge in [0.15, 0.2) is 5.82 Å². The normalized spacial score (nSPS) is 10.8. The third-order valence-electron chi connectivity index (χ3n) is 1.86. The summed E-state index contributed by atoms with van der Waals surface area (Å²) in [5, 5.41) is 10.4. The average Bonchev–Trinajstić information content (AvgIpc) is 2.18. The number of nitrogens with zero attached hydrogens (tertiary/aromatic N) is 1. The predicted molar refractivity (Wildman–Crippen MR) is 50.4 cm³/mol. The van der Waals surface area contributed by atoms with Crippen molar-refractivity contribution in [2.24, 2.45) is 0 Å². The van der Waals surface area contributed by atoms with Gasteiger partial charge in [-0.1, -0.05) is 0 Å². The van der Waals surface area contributed by atoms with E-state index in [-0.39, 0.29) is 0 Å². The summed E-state index contributed by atoms with van der Waals surface area (Å²) in [4.78, 5) is 10.7. The first-order chi connectivity index (χ1) is 7.77. The fraction of sp³-hybridized carbons (Fsp3) is 0.200. The fourth-order valence-electron chi connectivity index (χ4n) is 1.23. The van der Waals surface area contributed by atoms with E-state index in [2.05, 4.69) is 0 Å². The molecule has 0 saturated carbocycles. The fourth-order valence-corrected chi connectivity index (χ4v) is 1.23. The summed E-state index contributed by atoms with van der Waals surface area (Å²) in [6.07, 6.45) is -5.00. The smallest absolute Gasteiger partial charge is 0.324 e. The molecule has 0 atom stereocenters. The van der Waals surface area contributed by atoms with Crippen molar-refractivity contribution >= 4 is 11.6 Å². The highest BCUT2D eigenvalue weighted by Gasteiger charge is 2.38. The molecule has 1 amide bonds. The first kappa shape index (κ1) is 13.0. The van der Waals surface area contributed by atoms with Gasteiger partial charge >= 0.3 is 6.18 Å². The second-order valence-corrected chi connectivity index (χ2v) is 3.14. The zero-order chi connectivity index (χ0) is 13.2. The minimum Gasteiger partial charge on any atom is -0.324 e. The van der Waals surface area contributed by atoms with Gasteiger partial charge < -0.3 is 5.32 Å². The molecule has 3 nitrogen and oxygen atoms in total. The number of alkyl halides is 3. The molecule has 0 fully saturated rings. The Kier molecular flexibility index (Phi) is 3.36. The molecule has 0 aromatic heterocycles. The number of nitrogens with one attached hydrogen (secondary N) is 1. The molecule has 0 radical (unpaired) electrons. The minimum absolute atomic E-state index is 0.608. The molecule has 0 unspecified atom stereocenters. The SMILES string of the molecule is CC(=O)Nc1ccc(C#N)c(C(F)(F)F)c1F. The second-order valence-electron chi connectivity index (χ2n) is 3.14. The molecular formula is C10H6F4N2O. The first-order valence-electron chi connectivity index (χ1n) is 4.34. The number of benzene rings is 1. The third kappa shape index (κ3) is 2.72.